The van der Waals surface area contributed by atoms with Crippen LogP contribution in [-0.4, -0.2) is 26.0 Å². The van der Waals surface area contributed by atoms with E-state index < -0.39 is 0 Å². The second-order valence-corrected chi connectivity index (χ2v) is 13.3. The number of para-hydroxylation sites is 1. The van der Waals surface area contributed by atoms with Gasteiger partial charge in [-0.3, -0.25) is 14.2 Å². The molecule has 2 aromatic heterocycles. The summed E-state index contributed by atoms with van der Waals surface area (Å²) in [6.45, 7) is 4.42. The summed E-state index contributed by atoms with van der Waals surface area (Å²) < 4.78 is 1.69. The Bertz CT molecular complexity index is 1500. The Hall–Kier alpha value is -1.97. The van der Waals surface area contributed by atoms with E-state index in [1.807, 2.05) is 42.1 Å². The minimum Gasteiger partial charge on any atom is -0.324 e. The Balaban J connectivity index is 1.52. The van der Waals surface area contributed by atoms with Crippen LogP contribution in [-0.2, 0) is 17.0 Å². The van der Waals surface area contributed by atoms with Crippen LogP contribution in [0.15, 0.2) is 58.5 Å². The lowest BCUT2D eigenvalue weighted by atomic mass is 10.00. The summed E-state index contributed by atoms with van der Waals surface area (Å²) in [4.78, 5) is 33.4. The highest BCUT2D eigenvalue weighted by Gasteiger charge is 2.31. The Morgan fingerprint density at radius 3 is 2.71 bits per heavy atom. The van der Waals surface area contributed by atoms with Crippen molar-refractivity contribution in [3.8, 4) is 5.69 Å². The highest BCUT2D eigenvalue weighted by molar-refractivity contribution is 8.00. The molecule has 0 saturated carbocycles. The molecule has 5 rings (SSSR count). The largest absolute Gasteiger partial charge is 0.324 e. The average Bonchev–Trinajstić information content (AvgIpc) is 3.17. The molecule has 180 valence electrons. The number of carbonyl (C=O) groups is 1. The van der Waals surface area contributed by atoms with E-state index >= 15 is 0 Å². The Labute approximate surface area is 225 Å². The van der Waals surface area contributed by atoms with Gasteiger partial charge in [-0.15, -0.1) is 23.1 Å². The summed E-state index contributed by atoms with van der Waals surface area (Å²) in [5, 5.41) is 4.84. The molecule has 2 aromatic carbocycles. The van der Waals surface area contributed by atoms with Crippen molar-refractivity contribution in [2.45, 2.75) is 35.9 Å². The van der Waals surface area contributed by atoms with Gasteiger partial charge in [0.05, 0.1) is 27.5 Å². The van der Waals surface area contributed by atoms with E-state index in [4.69, 9.17) is 28.2 Å². The molecule has 0 unspecified atom stereocenters. The Kier molecular flexibility index (Phi) is 6.94. The minimum atomic E-state index is -0.253. The molecular formula is C25H21Cl2N3O2S3. The SMILES string of the molecule is CC1(C)Cc2c(sc3nc(SCC(=O)Nc4ccc(Cl)cc4Cl)n(-c4ccccc4)c(=O)c23)CS1. The van der Waals surface area contributed by atoms with Gasteiger partial charge in [-0.2, -0.15) is 0 Å². The quantitative estimate of drug-likeness (QED) is 0.209. The molecule has 4 aromatic rings. The van der Waals surface area contributed by atoms with Gasteiger partial charge in [-0.25, -0.2) is 4.98 Å². The first-order valence-corrected chi connectivity index (χ1v) is 14.4. The van der Waals surface area contributed by atoms with Gasteiger partial charge >= 0.3 is 0 Å². The fraction of sp³-hybridized carbons (Fsp3) is 0.240. The molecule has 0 spiro atoms. The first kappa shape index (κ1) is 24.7. The van der Waals surface area contributed by atoms with E-state index in [-0.39, 0.29) is 22.0 Å². The number of rotatable bonds is 5. The third-order valence-electron chi connectivity index (χ3n) is 5.63. The van der Waals surface area contributed by atoms with Gasteiger partial charge in [-0.1, -0.05) is 67.0 Å². The highest BCUT2D eigenvalue weighted by Crippen LogP contribution is 2.44. The van der Waals surface area contributed by atoms with Gasteiger partial charge in [0.1, 0.15) is 4.83 Å². The minimum absolute atomic E-state index is 0.0672. The Morgan fingerprint density at radius 1 is 1.20 bits per heavy atom. The van der Waals surface area contributed by atoms with E-state index in [0.29, 0.717) is 26.3 Å². The van der Waals surface area contributed by atoms with E-state index in [2.05, 4.69) is 19.2 Å². The smallest absolute Gasteiger partial charge is 0.267 e. The summed E-state index contributed by atoms with van der Waals surface area (Å²) in [5.74, 6) is 0.690. The topological polar surface area (TPSA) is 64.0 Å². The number of amides is 1. The van der Waals surface area contributed by atoms with Crippen LogP contribution >= 0.6 is 58.1 Å². The van der Waals surface area contributed by atoms with Crippen molar-refractivity contribution < 1.29 is 4.79 Å². The first-order valence-electron chi connectivity index (χ1n) is 10.9. The zero-order chi connectivity index (χ0) is 24.7. The number of halogens is 2. The number of thiophene rings is 1. The van der Waals surface area contributed by atoms with E-state index in [1.54, 1.807) is 34.1 Å². The van der Waals surface area contributed by atoms with Crippen LogP contribution in [0, 0.1) is 0 Å². The number of hydrogen-bond donors (Lipinski definition) is 1. The number of anilines is 1. The maximum absolute atomic E-state index is 13.9. The lowest BCUT2D eigenvalue weighted by molar-refractivity contribution is -0.113. The number of fused-ring (bicyclic) bond motifs is 3. The third-order valence-corrected chi connectivity index (χ3v) is 9.78. The molecule has 0 aliphatic carbocycles. The van der Waals surface area contributed by atoms with Crippen LogP contribution in [0.25, 0.3) is 15.9 Å². The van der Waals surface area contributed by atoms with Crippen molar-refractivity contribution in [1.82, 2.24) is 9.55 Å². The van der Waals surface area contributed by atoms with Crippen molar-refractivity contribution in [1.29, 1.82) is 0 Å². The van der Waals surface area contributed by atoms with Crippen LogP contribution < -0.4 is 10.9 Å². The molecule has 0 saturated heterocycles. The van der Waals surface area contributed by atoms with Crippen LogP contribution in [0.4, 0.5) is 5.69 Å². The molecule has 35 heavy (non-hydrogen) atoms. The summed E-state index contributed by atoms with van der Waals surface area (Å²) in [5.41, 5.74) is 2.23. The molecule has 5 nitrogen and oxygen atoms in total. The number of carbonyl (C=O) groups excluding carboxylic acids is 1. The molecular weight excluding hydrogens is 541 g/mol. The number of hydrogen-bond acceptors (Lipinski definition) is 6. The van der Waals surface area contributed by atoms with E-state index in [0.717, 1.165) is 28.3 Å². The molecule has 0 radical (unpaired) electrons. The molecule has 1 amide bonds. The number of aromatic nitrogens is 2. The van der Waals surface area contributed by atoms with E-state index in [1.165, 1.54) is 16.6 Å². The summed E-state index contributed by atoms with van der Waals surface area (Å²) in [6, 6.07) is 14.3. The third kappa shape index (κ3) is 5.13. The molecule has 3 heterocycles. The number of nitrogens with one attached hydrogen (secondary N) is 1. The standard InChI is InChI=1S/C25H21Cl2N3O2S3/c1-25(2)11-16-19(12-34-25)35-22-21(16)23(32)30(15-6-4-3-5-7-15)24(29-22)33-13-20(31)28-18-9-8-14(26)10-17(18)27/h3-10H,11-13H2,1-2H3,(H,28,31). The first-order chi connectivity index (χ1) is 16.7. The van der Waals surface area contributed by atoms with Crippen molar-refractivity contribution >= 4 is 79.9 Å². The predicted octanol–water partition coefficient (Wildman–Crippen LogP) is 7.05. The average molecular weight is 563 g/mol. The number of nitrogens with zero attached hydrogens (tertiary/aromatic N) is 2. The second kappa shape index (κ2) is 9.82. The van der Waals surface area contributed by atoms with Crippen molar-refractivity contribution in [3.63, 3.8) is 0 Å². The van der Waals surface area contributed by atoms with Crippen LogP contribution in [0.2, 0.25) is 10.0 Å². The Morgan fingerprint density at radius 2 is 1.97 bits per heavy atom. The monoisotopic (exact) mass is 561 g/mol. The zero-order valence-electron chi connectivity index (χ0n) is 18.9. The van der Waals surface area contributed by atoms with Crippen LogP contribution in [0.3, 0.4) is 0 Å². The van der Waals surface area contributed by atoms with Crippen LogP contribution in [0.5, 0.6) is 0 Å². The predicted molar refractivity (Wildman–Crippen MR) is 150 cm³/mol. The maximum Gasteiger partial charge on any atom is 0.267 e. The van der Waals surface area contributed by atoms with Crippen LogP contribution in [0.1, 0.15) is 24.3 Å². The molecule has 0 atom stereocenters. The molecule has 0 fully saturated rings. The van der Waals surface area contributed by atoms with Gasteiger partial charge in [-0.05, 0) is 42.3 Å². The fourth-order valence-electron chi connectivity index (χ4n) is 3.98. The molecule has 1 aliphatic rings. The molecule has 1 N–H and O–H groups in total. The molecule has 10 heteroatoms. The normalized spacial score (nSPS) is 14.6. The van der Waals surface area contributed by atoms with Gasteiger partial charge in [0.25, 0.3) is 5.56 Å². The number of benzene rings is 2. The lowest BCUT2D eigenvalue weighted by Gasteiger charge is -2.28. The van der Waals surface area contributed by atoms with E-state index in [9.17, 15) is 9.59 Å². The summed E-state index contributed by atoms with van der Waals surface area (Å²) >= 11 is 16.8. The van der Waals surface area contributed by atoms with Crippen molar-refractivity contribution in [2.24, 2.45) is 0 Å². The van der Waals surface area contributed by atoms with Crippen molar-refractivity contribution in [3.05, 3.63) is 79.4 Å². The number of thioether (sulfide) groups is 2. The van der Waals surface area contributed by atoms with Gasteiger partial charge in [0.2, 0.25) is 5.91 Å². The lowest BCUT2D eigenvalue weighted by Crippen LogP contribution is -2.26. The van der Waals surface area contributed by atoms with Gasteiger partial charge in [0, 0.05) is 20.4 Å². The summed E-state index contributed by atoms with van der Waals surface area (Å²) in [6.07, 6.45) is 0.829. The van der Waals surface area contributed by atoms with Gasteiger partial charge in [0.15, 0.2) is 5.16 Å². The second-order valence-electron chi connectivity index (χ2n) is 8.74. The molecule has 1 aliphatic heterocycles. The fourth-order valence-corrected chi connectivity index (χ4v) is 7.63. The van der Waals surface area contributed by atoms with Crippen molar-refractivity contribution in [2.75, 3.05) is 11.1 Å². The highest BCUT2D eigenvalue weighted by atomic mass is 35.5. The maximum atomic E-state index is 13.9. The summed E-state index contributed by atoms with van der Waals surface area (Å²) in [7, 11) is 0. The molecule has 0 bridgehead atoms. The van der Waals surface area contributed by atoms with Gasteiger partial charge < -0.3 is 5.32 Å². The zero-order valence-corrected chi connectivity index (χ0v) is 22.9.